The molecule has 7 heteroatoms. The van der Waals surface area contributed by atoms with E-state index in [1.54, 1.807) is 6.33 Å². The second-order valence-corrected chi connectivity index (χ2v) is 5.17. The Morgan fingerprint density at radius 2 is 2.27 bits per heavy atom. The molecule has 0 saturated carbocycles. The summed E-state index contributed by atoms with van der Waals surface area (Å²) >= 11 is 0. The van der Waals surface area contributed by atoms with Gasteiger partial charge in [-0.2, -0.15) is 0 Å². The van der Waals surface area contributed by atoms with Crippen LogP contribution in [0, 0.1) is 5.92 Å². The van der Waals surface area contributed by atoms with E-state index < -0.39 is 0 Å². The maximum atomic E-state index is 12.3. The molecule has 22 heavy (non-hydrogen) atoms. The zero-order valence-corrected chi connectivity index (χ0v) is 13.3. The lowest BCUT2D eigenvalue weighted by Gasteiger charge is -2.13. The Kier molecular flexibility index (Phi) is 5.51. The Labute approximate surface area is 135 Å². The lowest BCUT2D eigenvalue weighted by Crippen LogP contribution is -2.25. The molecule has 0 aliphatic carbocycles. The second kappa shape index (κ2) is 7.38. The summed E-state index contributed by atoms with van der Waals surface area (Å²) in [4.78, 5) is 12.3. The summed E-state index contributed by atoms with van der Waals surface area (Å²) in [6.45, 7) is 4.48. The third-order valence-electron chi connectivity index (χ3n) is 3.81. The molecular formula is C15H20ClN5O. The molecule has 0 radical (unpaired) electrons. The first-order chi connectivity index (χ1) is 10.3. The van der Waals surface area contributed by atoms with Crippen molar-refractivity contribution in [2.24, 2.45) is 5.92 Å². The van der Waals surface area contributed by atoms with Crippen molar-refractivity contribution in [1.29, 1.82) is 0 Å². The van der Waals surface area contributed by atoms with E-state index in [-0.39, 0.29) is 24.2 Å². The van der Waals surface area contributed by atoms with Crippen molar-refractivity contribution in [2.75, 3.05) is 18.4 Å². The van der Waals surface area contributed by atoms with Crippen molar-refractivity contribution >= 4 is 24.0 Å². The molecule has 6 nitrogen and oxygen atoms in total. The second-order valence-electron chi connectivity index (χ2n) is 5.17. The number of rotatable bonds is 4. The lowest BCUT2D eigenvalue weighted by molar-refractivity contribution is -0.119. The van der Waals surface area contributed by atoms with E-state index in [9.17, 15) is 4.79 Å². The predicted molar refractivity (Wildman–Crippen MR) is 88.0 cm³/mol. The molecule has 1 aromatic carbocycles. The summed E-state index contributed by atoms with van der Waals surface area (Å²) in [5.41, 5.74) is 1.69. The molecular weight excluding hydrogens is 302 g/mol. The molecule has 0 bridgehead atoms. The summed E-state index contributed by atoms with van der Waals surface area (Å²) in [5, 5.41) is 14.4. The van der Waals surface area contributed by atoms with Crippen LogP contribution in [0.4, 0.5) is 5.69 Å². The van der Waals surface area contributed by atoms with Gasteiger partial charge in [0.05, 0.1) is 11.6 Å². The van der Waals surface area contributed by atoms with Gasteiger partial charge in [0.25, 0.3) is 0 Å². The Balaban J connectivity index is 0.00000176. The maximum Gasteiger partial charge on any atom is 0.228 e. The Morgan fingerprint density at radius 1 is 1.45 bits per heavy atom. The lowest BCUT2D eigenvalue weighted by atomic mass is 10.1. The van der Waals surface area contributed by atoms with Gasteiger partial charge in [0.15, 0.2) is 5.82 Å². The Morgan fingerprint density at radius 3 is 3.00 bits per heavy atom. The molecule has 1 fully saturated rings. The van der Waals surface area contributed by atoms with E-state index in [0.29, 0.717) is 0 Å². The SMILES string of the molecule is CCn1cnnc1-c1ccccc1NC(=O)C1CCNC1.Cl. The van der Waals surface area contributed by atoms with Gasteiger partial charge in [0.1, 0.15) is 6.33 Å². The van der Waals surface area contributed by atoms with Crippen molar-refractivity contribution < 1.29 is 4.79 Å². The summed E-state index contributed by atoms with van der Waals surface area (Å²) in [5.74, 6) is 0.884. The number of nitrogens with zero attached hydrogens (tertiary/aromatic N) is 3. The number of amides is 1. The molecule has 1 aliphatic rings. The van der Waals surface area contributed by atoms with Crippen LogP contribution in [0.3, 0.4) is 0 Å². The van der Waals surface area contributed by atoms with Gasteiger partial charge in [0.2, 0.25) is 5.91 Å². The fourth-order valence-electron chi connectivity index (χ4n) is 2.60. The highest BCUT2D eigenvalue weighted by Crippen LogP contribution is 2.26. The summed E-state index contributed by atoms with van der Waals surface area (Å²) < 4.78 is 1.96. The van der Waals surface area contributed by atoms with Crippen molar-refractivity contribution in [3.05, 3.63) is 30.6 Å². The maximum absolute atomic E-state index is 12.3. The third-order valence-corrected chi connectivity index (χ3v) is 3.81. The van der Waals surface area contributed by atoms with Crippen LogP contribution >= 0.6 is 12.4 Å². The molecule has 1 saturated heterocycles. The topological polar surface area (TPSA) is 71.8 Å². The zero-order chi connectivity index (χ0) is 14.7. The number of aromatic nitrogens is 3. The molecule has 3 rings (SSSR count). The van der Waals surface area contributed by atoms with Crippen molar-refractivity contribution in [3.63, 3.8) is 0 Å². The van der Waals surface area contributed by atoms with E-state index in [2.05, 4.69) is 20.8 Å². The van der Waals surface area contributed by atoms with Crippen molar-refractivity contribution in [3.8, 4) is 11.4 Å². The van der Waals surface area contributed by atoms with Gasteiger partial charge in [-0.25, -0.2) is 0 Å². The van der Waals surface area contributed by atoms with E-state index in [0.717, 1.165) is 43.1 Å². The molecule has 0 spiro atoms. The Hall–Kier alpha value is -1.92. The van der Waals surface area contributed by atoms with Crippen LogP contribution in [0.5, 0.6) is 0 Å². The number of hydrogen-bond donors (Lipinski definition) is 2. The van der Waals surface area contributed by atoms with Crippen LogP contribution < -0.4 is 10.6 Å². The van der Waals surface area contributed by atoms with Gasteiger partial charge < -0.3 is 15.2 Å². The van der Waals surface area contributed by atoms with Gasteiger partial charge in [0, 0.05) is 18.7 Å². The number of anilines is 1. The Bertz CT molecular complexity index is 636. The van der Waals surface area contributed by atoms with Gasteiger partial charge >= 0.3 is 0 Å². The molecule has 1 unspecified atom stereocenters. The molecule has 1 aromatic heterocycles. The minimum absolute atomic E-state index is 0. The number of carbonyl (C=O) groups is 1. The third kappa shape index (κ3) is 3.28. The van der Waals surface area contributed by atoms with E-state index in [1.807, 2.05) is 35.8 Å². The van der Waals surface area contributed by atoms with E-state index in [1.165, 1.54) is 0 Å². The molecule has 118 valence electrons. The van der Waals surface area contributed by atoms with Gasteiger partial charge in [-0.05, 0) is 32.0 Å². The average Bonchev–Trinajstić information content (AvgIpc) is 3.19. The molecule has 2 heterocycles. The normalized spacial score (nSPS) is 17.0. The minimum atomic E-state index is 0. The highest BCUT2D eigenvalue weighted by atomic mass is 35.5. The highest BCUT2D eigenvalue weighted by molar-refractivity contribution is 5.96. The quantitative estimate of drug-likeness (QED) is 0.902. The monoisotopic (exact) mass is 321 g/mol. The fourth-order valence-corrected chi connectivity index (χ4v) is 2.60. The minimum Gasteiger partial charge on any atom is -0.325 e. The van der Waals surface area contributed by atoms with Gasteiger partial charge in [-0.1, -0.05) is 12.1 Å². The highest BCUT2D eigenvalue weighted by Gasteiger charge is 2.23. The summed E-state index contributed by atoms with van der Waals surface area (Å²) in [7, 11) is 0. The first-order valence-corrected chi connectivity index (χ1v) is 7.28. The number of nitrogens with one attached hydrogen (secondary N) is 2. The summed E-state index contributed by atoms with van der Waals surface area (Å²) in [6.07, 6.45) is 2.59. The number of halogens is 1. The predicted octanol–water partition coefficient (Wildman–Crippen LogP) is 1.93. The molecule has 1 amide bonds. The van der Waals surface area contributed by atoms with Crippen LogP contribution in [0.1, 0.15) is 13.3 Å². The van der Waals surface area contributed by atoms with Crippen molar-refractivity contribution in [1.82, 2.24) is 20.1 Å². The molecule has 2 aromatic rings. The van der Waals surface area contributed by atoms with Crippen molar-refractivity contribution in [2.45, 2.75) is 19.9 Å². The smallest absolute Gasteiger partial charge is 0.228 e. The first kappa shape index (κ1) is 16.5. The molecule has 1 atom stereocenters. The standard InChI is InChI=1S/C15H19N5O.ClH/c1-2-20-10-17-19-14(20)12-5-3-4-6-13(12)18-15(21)11-7-8-16-9-11;/h3-6,10-11,16H,2,7-9H2,1H3,(H,18,21);1H. The largest absolute Gasteiger partial charge is 0.325 e. The number of benzene rings is 1. The summed E-state index contributed by atoms with van der Waals surface area (Å²) in [6, 6.07) is 7.72. The average molecular weight is 322 g/mol. The fraction of sp³-hybridized carbons (Fsp3) is 0.400. The number of para-hydroxylation sites is 1. The van der Waals surface area contributed by atoms with E-state index in [4.69, 9.17) is 0 Å². The van der Waals surface area contributed by atoms with Gasteiger partial charge in [-0.15, -0.1) is 22.6 Å². The van der Waals surface area contributed by atoms with Crippen LogP contribution in [0.2, 0.25) is 0 Å². The zero-order valence-electron chi connectivity index (χ0n) is 12.5. The van der Waals surface area contributed by atoms with Crippen LogP contribution in [-0.2, 0) is 11.3 Å². The number of hydrogen-bond acceptors (Lipinski definition) is 4. The van der Waals surface area contributed by atoms with Crippen LogP contribution in [0.15, 0.2) is 30.6 Å². The van der Waals surface area contributed by atoms with E-state index >= 15 is 0 Å². The number of carbonyl (C=O) groups excluding carboxylic acids is 1. The van der Waals surface area contributed by atoms with Gasteiger partial charge in [-0.3, -0.25) is 4.79 Å². The van der Waals surface area contributed by atoms with Crippen LogP contribution in [-0.4, -0.2) is 33.8 Å². The van der Waals surface area contributed by atoms with Crippen LogP contribution in [0.25, 0.3) is 11.4 Å². The number of aryl methyl sites for hydroxylation is 1. The first-order valence-electron chi connectivity index (χ1n) is 7.28. The molecule has 2 N–H and O–H groups in total. The molecule has 1 aliphatic heterocycles.